The normalized spacial score (nSPS) is 23.8. The van der Waals surface area contributed by atoms with E-state index in [0.29, 0.717) is 18.4 Å². The van der Waals surface area contributed by atoms with E-state index in [-0.39, 0.29) is 0 Å². The summed E-state index contributed by atoms with van der Waals surface area (Å²) in [6.07, 6.45) is 4.85. The van der Waals surface area contributed by atoms with Gasteiger partial charge in [0.15, 0.2) is 0 Å². The van der Waals surface area contributed by atoms with Crippen molar-refractivity contribution in [2.45, 2.75) is 33.3 Å². The molecule has 2 nitrogen and oxygen atoms in total. The molecule has 1 N–H and O–H groups in total. The van der Waals surface area contributed by atoms with E-state index in [0.717, 1.165) is 6.54 Å². The number of allylic oxidation sites excluding steroid dienone is 2. The van der Waals surface area contributed by atoms with E-state index >= 15 is 0 Å². The summed E-state index contributed by atoms with van der Waals surface area (Å²) in [5, 5.41) is 0. The van der Waals surface area contributed by atoms with E-state index in [1.165, 1.54) is 24.0 Å². The van der Waals surface area contributed by atoms with Crippen molar-refractivity contribution in [2.75, 3.05) is 6.54 Å². The Hall–Kier alpha value is -1.12. The van der Waals surface area contributed by atoms with Crippen LogP contribution in [0.15, 0.2) is 42.0 Å². The lowest BCUT2D eigenvalue weighted by molar-refractivity contribution is 0.0177. The Morgan fingerprint density at radius 3 is 2.78 bits per heavy atom. The standard InChI is InChI=1S/C16H23NO/c1-13-8-14(2)10-16(9-13)11-17-18-12-15-6-4-3-5-7-15/h3-8,13,16-17H,9-12H2,1-2H3. The van der Waals surface area contributed by atoms with Crippen LogP contribution in [0.4, 0.5) is 0 Å². The quantitative estimate of drug-likeness (QED) is 0.485. The maximum atomic E-state index is 5.52. The molecule has 0 heterocycles. The SMILES string of the molecule is CC1=CC(C)CC(CNOCc2ccccc2)C1. The first-order valence-corrected chi connectivity index (χ1v) is 6.80. The zero-order valence-electron chi connectivity index (χ0n) is 11.4. The van der Waals surface area contributed by atoms with Crippen LogP contribution in [0.3, 0.4) is 0 Å². The van der Waals surface area contributed by atoms with Crippen molar-refractivity contribution in [2.24, 2.45) is 11.8 Å². The molecule has 0 radical (unpaired) electrons. The molecule has 0 bridgehead atoms. The molecular weight excluding hydrogens is 222 g/mol. The van der Waals surface area contributed by atoms with Crippen LogP contribution < -0.4 is 5.48 Å². The van der Waals surface area contributed by atoms with Crippen molar-refractivity contribution in [3.63, 3.8) is 0 Å². The van der Waals surface area contributed by atoms with Crippen LogP contribution in [-0.2, 0) is 11.4 Å². The Morgan fingerprint density at radius 1 is 1.28 bits per heavy atom. The van der Waals surface area contributed by atoms with Crippen LogP contribution in [0.1, 0.15) is 32.3 Å². The topological polar surface area (TPSA) is 21.3 Å². The average Bonchev–Trinajstić information content (AvgIpc) is 2.35. The van der Waals surface area contributed by atoms with E-state index in [9.17, 15) is 0 Å². The van der Waals surface area contributed by atoms with Gasteiger partial charge in [0, 0.05) is 6.54 Å². The average molecular weight is 245 g/mol. The smallest absolute Gasteiger partial charge is 0.0933 e. The van der Waals surface area contributed by atoms with Gasteiger partial charge >= 0.3 is 0 Å². The summed E-state index contributed by atoms with van der Waals surface area (Å²) in [6, 6.07) is 10.3. The first-order chi connectivity index (χ1) is 8.74. The van der Waals surface area contributed by atoms with Crippen molar-refractivity contribution < 1.29 is 4.84 Å². The summed E-state index contributed by atoms with van der Waals surface area (Å²) < 4.78 is 0. The lowest BCUT2D eigenvalue weighted by Crippen LogP contribution is -2.26. The van der Waals surface area contributed by atoms with Gasteiger partial charge in [-0.2, -0.15) is 0 Å². The third kappa shape index (κ3) is 4.28. The number of hydroxylamine groups is 1. The molecule has 1 aliphatic carbocycles. The molecule has 1 aromatic carbocycles. The van der Waals surface area contributed by atoms with Crippen LogP contribution in [0.5, 0.6) is 0 Å². The fraction of sp³-hybridized carbons (Fsp3) is 0.500. The molecule has 18 heavy (non-hydrogen) atoms. The van der Waals surface area contributed by atoms with Gasteiger partial charge in [0.2, 0.25) is 0 Å². The highest BCUT2D eigenvalue weighted by molar-refractivity contribution is 5.13. The van der Waals surface area contributed by atoms with E-state index in [1.807, 2.05) is 18.2 Å². The number of hydrogen-bond acceptors (Lipinski definition) is 2. The number of benzene rings is 1. The van der Waals surface area contributed by atoms with Gasteiger partial charge in [-0.05, 0) is 37.2 Å². The first kappa shape index (κ1) is 13.3. The van der Waals surface area contributed by atoms with Gasteiger partial charge in [0.1, 0.15) is 0 Å². The highest BCUT2D eigenvalue weighted by Crippen LogP contribution is 2.27. The van der Waals surface area contributed by atoms with Gasteiger partial charge in [0.05, 0.1) is 6.61 Å². The first-order valence-electron chi connectivity index (χ1n) is 6.80. The molecule has 0 fully saturated rings. The van der Waals surface area contributed by atoms with Crippen LogP contribution in [0.25, 0.3) is 0 Å². The molecule has 0 saturated carbocycles. The molecular formula is C16H23NO. The second kappa shape index (κ2) is 6.72. The summed E-state index contributed by atoms with van der Waals surface area (Å²) in [5.41, 5.74) is 5.84. The molecule has 2 heteroatoms. The summed E-state index contributed by atoms with van der Waals surface area (Å²) >= 11 is 0. The minimum Gasteiger partial charge on any atom is -0.297 e. The van der Waals surface area contributed by atoms with Crippen LogP contribution in [-0.4, -0.2) is 6.54 Å². The molecule has 1 aromatic rings. The molecule has 1 aliphatic rings. The minimum absolute atomic E-state index is 0.637. The van der Waals surface area contributed by atoms with Crippen molar-refractivity contribution in [1.29, 1.82) is 0 Å². The molecule has 0 saturated heterocycles. The molecule has 0 spiro atoms. The van der Waals surface area contributed by atoms with Crippen LogP contribution in [0, 0.1) is 11.8 Å². The van der Waals surface area contributed by atoms with Crippen LogP contribution >= 0.6 is 0 Å². The Labute approximate surface area is 110 Å². The summed E-state index contributed by atoms with van der Waals surface area (Å²) in [5.74, 6) is 1.42. The Kier molecular flexibility index (Phi) is 4.97. The van der Waals surface area contributed by atoms with E-state index < -0.39 is 0 Å². The van der Waals surface area contributed by atoms with Gasteiger partial charge in [-0.15, -0.1) is 0 Å². The molecule has 0 aromatic heterocycles. The molecule has 2 rings (SSSR count). The molecule has 2 atom stereocenters. The lowest BCUT2D eigenvalue weighted by atomic mass is 9.84. The molecule has 98 valence electrons. The Balaban J connectivity index is 1.66. The lowest BCUT2D eigenvalue weighted by Gasteiger charge is -2.25. The highest BCUT2D eigenvalue weighted by atomic mass is 16.6. The number of rotatable bonds is 5. The molecule has 2 unspecified atom stereocenters. The summed E-state index contributed by atoms with van der Waals surface area (Å²) in [6.45, 7) is 6.11. The third-order valence-electron chi connectivity index (χ3n) is 3.44. The van der Waals surface area contributed by atoms with Crippen LogP contribution in [0.2, 0.25) is 0 Å². The summed E-state index contributed by atoms with van der Waals surface area (Å²) in [4.78, 5) is 5.52. The zero-order valence-corrected chi connectivity index (χ0v) is 11.4. The van der Waals surface area contributed by atoms with Crippen molar-refractivity contribution in [3.8, 4) is 0 Å². The van der Waals surface area contributed by atoms with Gasteiger partial charge in [0.25, 0.3) is 0 Å². The number of nitrogens with one attached hydrogen (secondary N) is 1. The monoisotopic (exact) mass is 245 g/mol. The van der Waals surface area contributed by atoms with Gasteiger partial charge in [-0.1, -0.05) is 48.9 Å². The third-order valence-corrected chi connectivity index (χ3v) is 3.44. The maximum Gasteiger partial charge on any atom is 0.0933 e. The fourth-order valence-corrected chi connectivity index (χ4v) is 2.73. The Bertz CT molecular complexity index is 385. The van der Waals surface area contributed by atoms with Gasteiger partial charge in [-0.3, -0.25) is 4.84 Å². The minimum atomic E-state index is 0.637. The van der Waals surface area contributed by atoms with Crippen molar-refractivity contribution in [1.82, 2.24) is 5.48 Å². The summed E-state index contributed by atoms with van der Waals surface area (Å²) in [7, 11) is 0. The second-order valence-electron chi connectivity index (χ2n) is 5.42. The second-order valence-corrected chi connectivity index (χ2v) is 5.42. The van der Waals surface area contributed by atoms with Gasteiger partial charge < -0.3 is 0 Å². The van der Waals surface area contributed by atoms with E-state index in [1.54, 1.807) is 0 Å². The Morgan fingerprint density at radius 2 is 2.06 bits per heavy atom. The van der Waals surface area contributed by atoms with E-state index in [2.05, 4.69) is 37.5 Å². The maximum absolute atomic E-state index is 5.52. The largest absolute Gasteiger partial charge is 0.297 e. The predicted molar refractivity (Wildman–Crippen MR) is 74.9 cm³/mol. The van der Waals surface area contributed by atoms with E-state index in [4.69, 9.17) is 4.84 Å². The molecule has 0 aliphatic heterocycles. The number of hydrogen-bond donors (Lipinski definition) is 1. The van der Waals surface area contributed by atoms with Crippen molar-refractivity contribution in [3.05, 3.63) is 47.5 Å². The van der Waals surface area contributed by atoms with Crippen molar-refractivity contribution >= 4 is 0 Å². The molecule has 0 amide bonds. The highest BCUT2D eigenvalue weighted by Gasteiger charge is 2.17. The predicted octanol–water partition coefficient (Wildman–Crippen LogP) is 3.70. The zero-order chi connectivity index (χ0) is 12.8. The fourth-order valence-electron chi connectivity index (χ4n) is 2.73. The van der Waals surface area contributed by atoms with Gasteiger partial charge in [-0.25, -0.2) is 5.48 Å².